The zero-order valence-corrected chi connectivity index (χ0v) is 12.8. The van der Waals surface area contributed by atoms with Crippen LogP contribution in [0.25, 0.3) is 0 Å². The summed E-state index contributed by atoms with van der Waals surface area (Å²) in [7, 11) is 1.50. The molecule has 2 aliphatic heterocycles. The highest BCUT2D eigenvalue weighted by molar-refractivity contribution is 5.29. The molecule has 3 nitrogen and oxygen atoms in total. The zero-order chi connectivity index (χ0) is 14.7. The summed E-state index contributed by atoms with van der Waals surface area (Å²) >= 11 is 0. The summed E-state index contributed by atoms with van der Waals surface area (Å²) in [5.41, 5.74) is 1.03. The van der Waals surface area contributed by atoms with Gasteiger partial charge in [0.1, 0.15) is 0 Å². The molecule has 1 unspecified atom stereocenters. The molecule has 0 bridgehead atoms. The second-order valence-electron chi connectivity index (χ2n) is 6.29. The van der Waals surface area contributed by atoms with Crippen LogP contribution in [0.5, 0.6) is 5.75 Å². The highest BCUT2D eigenvalue weighted by Gasteiger charge is 2.28. The number of hydrogen-bond acceptors (Lipinski definition) is 3. The quantitative estimate of drug-likeness (QED) is 0.923. The third-order valence-electron chi connectivity index (χ3n) is 4.92. The molecule has 1 atom stereocenters. The lowest BCUT2D eigenvalue weighted by molar-refractivity contribution is 0.157. The fraction of sp³-hybridized carbons (Fsp3) is 0.647. The number of halogens is 1. The maximum atomic E-state index is 13.7. The van der Waals surface area contributed by atoms with Crippen LogP contribution in [0.3, 0.4) is 0 Å². The number of ether oxygens (including phenoxy) is 1. The molecule has 1 N–H and O–H groups in total. The number of nitrogens with zero attached hydrogens (tertiary/aromatic N) is 1. The topological polar surface area (TPSA) is 24.5 Å². The Labute approximate surface area is 126 Å². The molecule has 1 aromatic rings. The molecule has 0 aliphatic carbocycles. The van der Waals surface area contributed by atoms with Gasteiger partial charge in [0.2, 0.25) is 0 Å². The van der Waals surface area contributed by atoms with E-state index in [4.69, 9.17) is 4.74 Å². The van der Waals surface area contributed by atoms with E-state index >= 15 is 0 Å². The van der Waals surface area contributed by atoms with Crippen molar-refractivity contribution in [2.75, 3.05) is 26.7 Å². The average molecular weight is 292 g/mol. The SMILES string of the molecule is COc1ccc(CN2CCC(C3CCCN3)CC2)cc1F. The van der Waals surface area contributed by atoms with Crippen molar-refractivity contribution in [1.29, 1.82) is 0 Å². The summed E-state index contributed by atoms with van der Waals surface area (Å²) in [5, 5.41) is 3.63. The predicted molar refractivity (Wildman–Crippen MR) is 82.0 cm³/mol. The lowest BCUT2D eigenvalue weighted by Crippen LogP contribution is -2.40. The van der Waals surface area contributed by atoms with E-state index in [0.29, 0.717) is 5.75 Å². The minimum Gasteiger partial charge on any atom is -0.494 e. The first-order chi connectivity index (χ1) is 10.3. The second-order valence-corrected chi connectivity index (χ2v) is 6.29. The fourth-order valence-corrected chi connectivity index (χ4v) is 3.69. The van der Waals surface area contributed by atoms with Crippen LogP contribution in [-0.2, 0) is 6.54 Å². The summed E-state index contributed by atoms with van der Waals surface area (Å²) in [6.45, 7) is 4.27. The molecule has 116 valence electrons. The monoisotopic (exact) mass is 292 g/mol. The van der Waals surface area contributed by atoms with Gasteiger partial charge in [-0.1, -0.05) is 6.07 Å². The van der Waals surface area contributed by atoms with E-state index in [9.17, 15) is 4.39 Å². The smallest absolute Gasteiger partial charge is 0.165 e. The van der Waals surface area contributed by atoms with Crippen LogP contribution in [-0.4, -0.2) is 37.7 Å². The summed E-state index contributed by atoms with van der Waals surface area (Å²) < 4.78 is 18.7. The molecule has 2 fully saturated rings. The van der Waals surface area contributed by atoms with Crippen molar-refractivity contribution in [3.05, 3.63) is 29.6 Å². The molecular formula is C17H25FN2O. The second kappa shape index (κ2) is 6.75. The van der Waals surface area contributed by atoms with Crippen molar-refractivity contribution < 1.29 is 9.13 Å². The van der Waals surface area contributed by atoms with Gasteiger partial charge in [0.05, 0.1) is 7.11 Å². The molecule has 0 radical (unpaired) electrons. The lowest BCUT2D eigenvalue weighted by Gasteiger charge is -2.35. The Morgan fingerprint density at radius 3 is 2.71 bits per heavy atom. The van der Waals surface area contributed by atoms with Crippen LogP contribution < -0.4 is 10.1 Å². The van der Waals surface area contributed by atoms with Crippen molar-refractivity contribution in [3.8, 4) is 5.75 Å². The summed E-state index contributed by atoms with van der Waals surface area (Å²) in [4.78, 5) is 2.44. The van der Waals surface area contributed by atoms with Crippen molar-refractivity contribution in [1.82, 2.24) is 10.2 Å². The minimum absolute atomic E-state index is 0.264. The zero-order valence-electron chi connectivity index (χ0n) is 12.8. The molecule has 0 amide bonds. The largest absolute Gasteiger partial charge is 0.494 e. The van der Waals surface area contributed by atoms with Crippen molar-refractivity contribution in [3.63, 3.8) is 0 Å². The first-order valence-electron chi connectivity index (χ1n) is 8.04. The molecule has 3 rings (SSSR count). The van der Waals surface area contributed by atoms with E-state index in [1.54, 1.807) is 12.1 Å². The molecule has 0 saturated carbocycles. The lowest BCUT2D eigenvalue weighted by atomic mass is 9.88. The van der Waals surface area contributed by atoms with Crippen LogP contribution >= 0.6 is 0 Å². The van der Waals surface area contributed by atoms with Gasteiger partial charge in [0.15, 0.2) is 11.6 Å². The van der Waals surface area contributed by atoms with Gasteiger partial charge in [0.25, 0.3) is 0 Å². The van der Waals surface area contributed by atoms with Crippen molar-refractivity contribution >= 4 is 0 Å². The number of benzene rings is 1. The van der Waals surface area contributed by atoms with Gasteiger partial charge in [0, 0.05) is 12.6 Å². The maximum Gasteiger partial charge on any atom is 0.165 e. The first kappa shape index (κ1) is 14.8. The van der Waals surface area contributed by atoms with Crippen LogP contribution in [0, 0.1) is 11.7 Å². The normalized spacial score (nSPS) is 24.4. The number of nitrogens with one attached hydrogen (secondary N) is 1. The summed E-state index contributed by atoms with van der Waals surface area (Å²) in [6, 6.07) is 6.03. The molecule has 4 heteroatoms. The van der Waals surface area contributed by atoms with E-state index in [-0.39, 0.29) is 5.82 Å². The Morgan fingerprint density at radius 1 is 1.29 bits per heavy atom. The Bertz CT molecular complexity index is 466. The van der Waals surface area contributed by atoms with Crippen LogP contribution in [0.1, 0.15) is 31.2 Å². The minimum atomic E-state index is -0.264. The Kier molecular flexibility index (Phi) is 4.76. The highest BCUT2D eigenvalue weighted by atomic mass is 19.1. The number of likely N-dealkylation sites (tertiary alicyclic amines) is 1. The van der Waals surface area contributed by atoms with Gasteiger partial charge < -0.3 is 10.1 Å². The molecule has 1 aromatic carbocycles. The number of hydrogen-bond donors (Lipinski definition) is 1. The van der Waals surface area contributed by atoms with Crippen LogP contribution in [0.15, 0.2) is 18.2 Å². The molecule has 21 heavy (non-hydrogen) atoms. The summed E-state index contributed by atoms with van der Waals surface area (Å²) in [6.07, 6.45) is 5.19. The van der Waals surface area contributed by atoms with E-state index in [0.717, 1.165) is 37.2 Å². The van der Waals surface area contributed by atoms with Crippen molar-refractivity contribution in [2.45, 2.75) is 38.3 Å². The molecule has 2 saturated heterocycles. The molecule has 2 heterocycles. The average Bonchev–Trinajstić information content (AvgIpc) is 3.02. The first-order valence-corrected chi connectivity index (χ1v) is 8.04. The van der Waals surface area contributed by atoms with E-state index in [2.05, 4.69) is 10.2 Å². The fourth-order valence-electron chi connectivity index (χ4n) is 3.69. The molecule has 0 aromatic heterocycles. The molecule has 0 spiro atoms. The number of rotatable bonds is 4. The Hall–Kier alpha value is -1.13. The highest BCUT2D eigenvalue weighted by Crippen LogP contribution is 2.27. The van der Waals surface area contributed by atoms with Gasteiger partial charge >= 0.3 is 0 Å². The number of piperidine rings is 1. The van der Waals surface area contributed by atoms with Crippen molar-refractivity contribution in [2.24, 2.45) is 5.92 Å². The van der Waals surface area contributed by atoms with Crippen LogP contribution in [0.2, 0.25) is 0 Å². The van der Waals surface area contributed by atoms with Crippen LogP contribution in [0.4, 0.5) is 4.39 Å². The van der Waals surface area contributed by atoms with E-state index in [1.807, 2.05) is 6.07 Å². The van der Waals surface area contributed by atoms with Gasteiger partial charge in [-0.3, -0.25) is 4.90 Å². The van der Waals surface area contributed by atoms with Gasteiger partial charge in [-0.25, -0.2) is 4.39 Å². The maximum absolute atomic E-state index is 13.7. The Morgan fingerprint density at radius 2 is 2.10 bits per heavy atom. The standard InChI is InChI=1S/C17H25FN2O/c1-21-17-5-4-13(11-15(17)18)12-20-9-6-14(7-10-20)16-3-2-8-19-16/h4-5,11,14,16,19H,2-3,6-10,12H2,1H3. The molecular weight excluding hydrogens is 267 g/mol. The Balaban J connectivity index is 1.51. The molecule has 2 aliphatic rings. The summed E-state index contributed by atoms with van der Waals surface area (Å²) in [5.74, 6) is 0.890. The van der Waals surface area contributed by atoms with E-state index < -0.39 is 0 Å². The van der Waals surface area contributed by atoms with Gasteiger partial charge in [-0.15, -0.1) is 0 Å². The predicted octanol–water partition coefficient (Wildman–Crippen LogP) is 2.80. The third kappa shape index (κ3) is 3.55. The number of methoxy groups -OCH3 is 1. The third-order valence-corrected chi connectivity index (χ3v) is 4.92. The van der Waals surface area contributed by atoms with E-state index in [1.165, 1.54) is 39.3 Å². The van der Waals surface area contributed by atoms with Gasteiger partial charge in [-0.05, 0) is 68.9 Å². The van der Waals surface area contributed by atoms with Gasteiger partial charge in [-0.2, -0.15) is 0 Å².